The number of anilines is 1. The molecule has 0 aromatic heterocycles. The highest BCUT2D eigenvalue weighted by atomic mass is 16.3. The van der Waals surface area contributed by atoms with Gasteiger partial charge >= 0.3 is 0 Å². The van der Waals surface area contributed by atoms with E-state index >= 15 is 0 Å². The van der Waals surface area contributed by atoms with E-state index in [-0.39, 0.29) is 46.6 Å². The third kappa shape index (κ3) is 2.80. The molecule has 8 N–H and O–H groups in total. The van der Waals surface area contributed by atoms with Gasteiger partial charge in [0.2, 0.25) is 5.78 Å². The van der Waals surface area contributed by atoms with Crippen molar-refractivity contribution in [2.24, 2.45) is 16.6 Å². The molecule has 3 aliphatic rings. The summed E-state index contributed by atoms with van der Waals surface area (Å²) >= 11 is 0. The molecule has 0 bridgehead atoms. The number of carbonyl (C=O) groups excluding carboxylic acids is 4. The van der Waals surface area contributed by atoms with Crippen LogP contribution >= 0.6 is 0 Å². The number of aliphatic hydroxyl groups excluding tert-OH is 2. The molecule has 4 rings (SSSR count). The van der Waals surface area contributed by atoms with E-state index < -0.39 is 62.8 Å². The molecule has 0 aliphatic heterocycles. The SMILES string of the molecule is CC(=O)c1cc(N)c(O)c2c1C[C@@]1(C)C[C@@]3(C)[C@H](N(C)C)C(=O)C(C(N)=O)=C(O)C3(O)C(=O)C1=C2O. The summed E-state index contributed by atoms with van der Waals surface area (Å²) in [5, 5.41) is 44.9. The number of aromatic hydroxyl groups is 1. The van der Waals surface area contributed by atoms with Gasteiger partial charge in [-0.25, -0.2) is 0 Å². The van der Waals surface area contributed by atoms with Crippen molar-refractivity contribution in [3.63, 3.8) is 0 Å². The van der Waals surface area contributed by atoms with Crippen molar-refractivity contribution in [1.82, 2.24) is 4.90 Å². The van der Waals surface area contributed by atoms with Crippen LogP contribution in [0.1, 0.15) is 48.7 Å². The zero-order chi connectivity index (χ0) is 27.3. The average Bonchev–Trinajstić information content (AvgIpc) is 2.72. The van der Waals surface area contributed by atoms with Crippen molar-refractivity contribution in [2.75, 3.05) is 19.8 Å². The fourth-order valence-corrected chi connectivity index (χ4v) is 6.73. The summed E-state index contributed by atoms with van der Waals surface area (Å²) < 4.78 is 0. The Labute approximate surface area is 206 Å². The molecule has 36 heavy (non-hydrogen) atoms. The van der Waals surface area contributed by atoms with Crippen molar-refractivity contribution in [2.45, 2.75) is 45.3 Å². The minimum atomic E-state index is -2.81. The smallest absolute Gasteiger partial charge is 0.255 e. The second-order valence-corrected chi connectivity index (χ2v) is 10.7. The molecule has 11 nitrogen and oxygen atoms in total. The highest BCUT2D eigenvalue weighted by Gasteiger charge is 2.72. The lowest BCUT2D eigenvalue weighted by molar-refractivity contribution is -0.176. The van der Waals surface area contributed by atoms with E-state index in [0.29, 0.717) is 0 Å². The fraction of sp³-hybridized carbons (Fsp3) is 0.440. The van der Waals surface area contributed by atoms with Crippen LogP contribution in [0, 0.1) is 10.8 Å². The predicted molar refractivity (Wildman–Crippen MR) is 128 cm³/mol. The van der Waals surface area contributed by atoms with Crippen LogP contribution < -0.4 is 11.5 Å². The van der Waals surface area contributed by atoms with Crippen molar-refractivity contribution in [3.8, 4) is 5.75 Å². The molecule has 1 fully saturated rings. The number of amides is 1. The van der Waals surface area contributed by atoms with E-state index in [1.807, 2.05) is 0 Å². The Morgan fingerprint density at radius 1 is 1.14 bits per heavy atom. The molecular weight excluding hydrogens is 470 g/mol. The first-order chi connectivity index (χ1) is 16.5. The second-order valence-electron chi connectivity index (χ2n) is 10.7. The molecule has 1 amide bonds. The number of fused-ring (bicyclic) bond motifs is 3. The van der Waals surface area contributed by atoms with E-state index in [4.69, 9.17) is 11.5 Å². The maximum absolute atomic E-state index is 14.1. The number of nitrogen functional groups attached to an aromatic ring is 1. The number of likely N-dealkylation sites (N-methyl/N-ethyl adjacent to an activating group) is 1. The van der Waals surface area contributed by atoms with Crippen LogP contribution in [0.2, 0.25) is 0 Å². The molecule has 11 heteroatoms. The summed E-state index contributed by atoms with van der Waals surface area (Å²) in [6.07, 6.45) is -0.155. The molecular formula is C25H29N3O8. The number of benzene rings is 1. The van der Waals surface area contributed by atoms with Crippen LogP contribution in [-0.4, -0.2) is 74.3 Å². The Kier molecular flexibility index (Phi) is 5.22. The van der Waals surface area contributed by atoms with Crippen LogP contribution in [0.4, 0.5) is 5.69 Å². The Hall–Kier alpha value is -3.70. The zero-order valence-electron chi connectivity index (χ0n) is 20.6. The van der Waals surface area contributed by atoms with Gasteiger partial charge in [0.25, 0.3) is 5.91 Å². The molecule has 0 heterocycles. The summed E-state index contributed by atoms with van der Waals surface area (Å²) in [6.45, 7) is 4.37. The van der Waals surface area contributed by atoms with Crippen LogP contribution in [-0.2, 0) is 20.8 Å². The third-order valence-electron chi connectivity index (χ3n) is 8.04. The molecule has 1 saturated carbocycles. The third-order valence-corrected chi connectivity index (χ3v) is 8.04. The van der Waals surface area contributed by atoms with Crippen molar-refractivity contribution in [3.05, 3.63) is 39.7 Å². The first-order valence-corrected chi connectivity index (χ1v) is 11.3. The molecule has 1 aromatic rings. The van der Waals surface area contributed by atoms with Crippen molar-refractivity contribution >= 4 is 34.7 Å². The lowest BCUT2D eigenvalue weighted by Crippen LogP contribution is -2.72. The van der Waals surface area contributed by atoms with Gasteiger partial charge in [-0.2, -0.15) is 0 Å². The van der Waals surface area contributed by atoms with Crippen molar-refractivity contribution in [1.29, 1.82) is 0 Å². The molecule has 0 spiro atoms. The van der Waals surface area contributed by atoms with Crippen LogP contribution in [0.3, 0.4) is 0 Å². The summed E-state index contributed by atoms with van der Waals surface area (Å²) in [4.78, 5) is 53.4. The van der Waals surface area contributed by atoms with Gasteiger partial charge in [-0.3, -0.25) is 24.1 Å². The number of phenols is 1. The average molecular weight is 500 g/mol. The highest BCUT2D eigenvalue weighted by molar-refractivity contribution is 6.25. The number of Topliss-reactive ketones (excluding diaryl/α,β-unsaturated/α-hetero) is 3. The number of aliphatic hydroxyl groups is 3. The molecule has 1 unspecified atom stereocenters. The van der Waals surface area contributed by atoms with Gasteiger partial charge in [0.1, 0.15) is 22.8 Å². The van der Waals surface area contributed by atoms with Gasteiger partial charge in [0.15, 0.2) is 17.2 Å². The number of nitrogens with two attached hydrogens (primary N) is 2. The van der Waals surface area contributed by atoms with Gasteiger partial charge in [0, 0.05) is 22.0 Å². The number of ketones is 3. The molecule has 1 aromatic carbocycles. The van der Waals surface area contributed by atoms with Crippen molar-refractivity contribution < 1.29 is 39.6 Å². The summed E-state index contributed by atoms with van der Waals surface area (Å²) in [6, 6.07) is 0.0419. The van der Waals surface area contributed by atoms with E-state index in [9.17, 15) is 39.6 Å². The van der Waals surface area contributed by atoms with Gasteiger partial charge in [-0.05, 0) is 45.5 Å². The number of nitrogens with zero attached hydrogens (tertiary/aromatic N) is 1. The number of hydrogen-bond acceptors (Lipinski definition) is 10. The fourth-order valence-electron chi connectivity index (χ4n) is 6.73. The topological polar surface area (TPSA) is 204 Å². The maximum atomic E-state index is 14.1. The van der Waals surface area contributed by atoms with Crippen LogP contribution in [0.15, 0.2) is 23.0 Å². The lowest BCUT2D eigenvalue weighted by Gasteiger charge is -2.59. The maximum Gasteiger partial charge on any atom is 0.255 e. The summed E-state index contributed by atoms with van der Waals surface area (Å²) in [5.74, 6) is -6.13. The van der Waals surface area contributed by atoms with E-state index in [0.717, 1.165) is 0 Å². The molecule has 3 aliphatic carbocycles. The van der Waals surface area contributed by atoms with Gasteiger partial charge < -0.3 is 31.9 Å². The quantitative estimate of drug-likeness (QED) is 0.147. The zero-order valence-corrected chi connectivity index (χ0v) is 20.6. The first kappa shape index (κ1) is 25.4. The van der Waals surface area contributed by atoms with Crippen LogP contribution in [0.5, 0.6) is 5.75 Å². The van der Waals surface area contributed by atoms with Crippen LogP contribution in [0.25, 0.3) is 5.76 Å². The minimum Gasteiger partial charge on any atom is -0.508 e. The van der Waals surface area contributed by atoms with E-state index in [2.05, 4.69) is 0 Å². The number of phenolic OH excluding ortho intramolecular Hbond substituents is 1. The summed E-state index contributed by atoms with van der Waals surface area (Å²) in [7, 11) is 3.05. The standard InChI is InChI=1S/C25H29N3O8/c1-9(29)10-6-12(26)16(30)13-11(10)7-23(2)8-24(3)19(28(4)5)18(32)14(22(27)35)20(33)25(24,36)21(34)15(23)17(13)31/h6,19,30-31,33,36H,7-8,26H2,1-5H3,(H2,27,35)/t19-,23+,24+,25?/m1/s1. The monoisotopic (exact) mass is 499 g/mol. The molecule has 0 radical (unpaired) electrons. The lowest BCUT2D eigenvalue weighted by atomic mass is 9.46. The van der Waals surface area contributed by atoms with Gasteiger partial charge in [0.05, 0.1) is 17.3 Å². The summed E-state index contributed by atoms with van der Waals surface area (Å²) in [5.41, 5.74) is 4.25. The largest absolute Gasteiger partial charge is 0.508 e. The predicted octanol–water partition coefficient (Wildman–Crippen LogP) is 0.529. The molecule has 192 valence electrons. The Balaban J connectivity index is 2.13. The first-order valence-electron chi connectivity index (χ1n) is 11.3. The Bertz CT molecular complexity index is 1360. The van der Waals surface area contributed by atoms with E-state index in [1.165, 1.54) is 38.9 Å². The Morgan fingerprint density at radius 3 is 2.22 bits per heavy atom. The normalized spacial score (nSPS) is 31.8. The number of hydrogen-bond donors (Lipinski definition) is 6. The highest BCUT2D eigenvalue weighted by Crippen LogP contribution is 2.63. The molecule has 4 atom stereocenters. The van der Waals surface area contributed by atoms with E-state index in [1.54, 1.807) is 6.92 Å². The van der Waals surface area contributed by atoms with Gasteiger partial charge in [-0.1, -0.05) is 13.8 Å². The minimum absolute atomic E-state index is 0.0244. The second kappa shape index (κ2) is 7.40. The van der Waals surface area contributed by atoms with Gasteiger partial charge in [-0.15, -0.1) is 0 Å². The number of primary amides is 1. The molecule has 0 saturated heterocycles. The number of carbonyl (C=O) groups is 4. The number of rotatable bonds is 3. The Morgan fingerprint density at radius 2 is 1.72 bits per heavy atom.